The van der Waals surface area contributed by atoms with Gasteiger partial charge in [0.1, 0.15) is 0 Å². The molecule has 1 aromatic carbocycles. The van der Waals surface area contributed by atoms with E-state index < -0.39 is 0 Å². The Bertz CT molecular complexity index is 473. The van der Waals surface area contributed by atoms with Crippen LogP contribution in [-0.4, -0.2) is 55.6 Å². The summed E-state index contributed by atoms with van der Waals surface area (Å²) >= 11 is 3.62. The van der Waals surface area contributed by atoms with Crippen molar-refractivity contribution >= 4 is 21.9 Å². The van der Waals surface area contributed by atoms with Crippen LogP contribution in [0.25, 0.3) is 0 Å². The minimum atomic E-state index is -0.128. The lowest BCUT2D eigenvalue weighted by Crippen LogP contribution is -2.46. The van der Waals surface area contributed by atoms with Crippen molar-refractivity contribution in [1.29, 1.82) is 0 Å². The molecule has 1 unspecified atom stereocenters. The fourth-order valence-corrected chi connectivity index (χ4v) is 3.24. The summed E-state index contributed by atoms with van der Waals surface area (Å²) in [5.74, 6) is -0.128. The molecule has 2 rings (SSSR count). The van der Waals surface area contributed by atoms with Crippen molar-refractivity contribution < 1.29 is 9.53 Å². The zero-order valence-electron chi connectivity index (χ0n) is 12.7. The van der Waals surface area contributed by atoms with Crippen LogP contribution in [0.4, 0.5) is 0 Å². The third-order valence-electron chi connectivity index (χ3n) is 3.91. The van der Waals surface area contributed by atoms with E-state index in [0.29, 0.717) is 13.0 Å². The van der Waals surface area contributed by atoms with E-state index in [1.54, 1.807) is 0 Å². The van der Waals surface area contributed by atoms with Gasteiger partial charge in [0, 0.05) is 36.7 Å². The highest BCUT2D eigenvalue weighted by Crippen LogP contribution is 2.31. The fraction of sp³-hybridized carbons (Fsp3) is 0.562. The van der Waals surface area contributed by atoms with Crippen LogP contribution < -0.4 is 0 Å². The predicted molar refractivity (Wildman–Crippen MR) is 87.2 cm³/mol. The van der Waals surface area contributed by atoms with Gasteiger partial charge in [-0.3, -0.25) is 9.69 Å². The van der Waals surface area contributed by atoms with Crippen LogP contribution in [0, 0.1) is 0 Å². The topological polar surface area (TPSA) is 32.8 Å². The first-order chi connectivity index (χ1) is 10.1. The van der Waals surface area contributed by atoms with Crippen LogP contribution in [-0.2, 0) is 9.53 Å². The molecule has 0 aliphatic carbocycles. The van der Waals surface area contributed by atoms with Crippen LogP contribution in [0.2, 0.25) is 0 Å². The molecule has 0 radical (unpaired) electrons. The third kappa shape index (κ3) is 4.53. The van der Waals surface area contributed by atoms with Gasteiger partial charge in [-0.15, -0.1) is 0 Å². The smallest absolute Gasteiger partial charge is 0.307 e. The summed E-state index contributed by atoms with van der Waals surface area (Å²) in [4.78, 5) is 16.7. The molecule has 116 valence electrons. The first-order valence-corrected chi connectivity index (χ1v) is 8.23. The van der Waals surface area contributed by atoms with Gasteiger partial charge in [-0.1, -0.05) is 34.1 Å². The largest absolute Gasteiger partial charge is 0.466 e. The summed E-state index contributed by atoms with van der Waals surface area (Å²) in [5.41, 5.74) is 1.16. The molecular weight excluding hydrogens is 332 g/mol. The quantitative estimate of drug-likeness (QED) is 0.761. The zero-order valence-corrected chi connectivity index (χ0v) is 14.3. The molecule has 1 aliphatic heterocycles. The molecule has 0 amide bonds. The lowest BCUT2D eigenvalue weighted by Gasteiger charge is -2.38. The van der Waals surface area contributed by atoms with E-state index in [0.717, 1.165) is 36.2 Å². The Labute approximate surface area is 135 Å². The van der Waals surface area contributed by atoms with Gasteiger partial charge in [0.2, 0.25) is 0 Å². The van der Waals surface area contributed by atoms with E-state index in [-0.39, 0.29) is 12.0 Å². The number of ether oxygens (including phenoxy) is 1. The molecular formula is C16H23BrN2O2. The molecule has 1 atom stereocenters. The lowest BCUT2D eigenvalue weighted by molar-refractivity contribution is -0.144. The standard InChI is InChI=1S/C16H23BrN2O2/c1-3-21-16(20)12-15(13-6-4-5-7-14(13)17)19-10-8-18(2)9-11-19/h4-7,15H,3,8-12H2,1-2H3. The van der Waals surface area contributed by atoms with Gasteiger partial charge < -0.3 is 9.64 Å². The first kappa shape index (κ1) is 16.5. The number of carbonyl (C=O) groups is 1. The molecule has 5 heteroatoms. The van der Waals surface area contributed by atoms with E-state index in [2.05, 4.69) is 38.8 Å². The molecule has 0 saturated carbocycles. The zero-order chi connectivity index (χ0) is 15.2. The number of halogens is 1. The van der Waals surface area contributed by atoms with E-state index in [4.69, 9.17) is 4.74 Å². The second-order valence-electron chi connectivity index (χ2n) is 5.39. The summed E-state index contributed by atoms with van der Waals surface area (Å²) < 4.78 is 6.21. The summed E-state index contributed by atoms with van der Waals surface area (Å²) in [6.07, 6.45) is 0.403. The monoisotopic (exact) mass is 354 g/mol. The van der Waals surface area contributed by atoms with Gasteiger partial charge in [0.15, 0.2) is 0 Å². The number of rotatable bonds is 5. The molecule has 21 heavy (non-hydrogen) atoms. The van der Waals surface area contributed by atoms with Crippen LogP contribution in [0.1, 0.15) is 24.9 Å². The van der Waals surface area contributed by atoms with Crippen LogP contribution in [0.5, 0.6) is 0 Å². The average molecular weight is 355 g/mol. The summed E-state index contributed by atoms with van der Waals surface area (Å²) in [6.45, 7) is 6.29. The van der Waals surface area contributed by atoms with Crippen molar-refractivity contribution in [1.82, 2.24) is 9.80 Å². The van der Waals surface area contributed by atoms with E-state index in [9.17, 15) is 4.79 Å². The van der Waals surface area contributed by atoms with Gasteiger partial charge in [-0.2, -0.15) is 0 Å². The Hall–Kier alpha value is -0.910. The molecule has 1 aliphatic rings. The second-order valence-corrected chi connectivity index (χ2v) is 6.24. The highest BCUT2D eigenvalue weighted by molar-refractivity contribution is 9.10. The van der Waals surface area contributed by atoms with Crippen molar-refractivity contribution in [3.05, 3.63) is 34.3 Å². The molecule has 4 nitrogen and oxygen atoms in total. The van der Waals surface area contributed by atoms with Crippen LogP contribution >= 0.6 is 15.9 Å². The van der Waals surface area contributed by atoms with Crippen LogP contribution in [0.3, 0.4) is 0 Å². The minimum Gasteiger partial charge on any atom is -0.466 e. The summed E-state index contributed by atoms with van der Waals surface area (Å²) in [5, 5.41) is 0. The number of hydrogen-bond donors (Lipinski definition) is 0. The molecule has 0 bridgehead atoms. The SMILES string of the molecule is CCOC(=O)CC(c1ccccc1Br)N1CCN(C)CC1. The number of carbonyl (C=O) groups excluding carboxylic acids is 1. The first-order valence-electron chi connectivity index (χ1n) is 7.44. The minimum absolute atomic E-state index is 0.0772. The lowest BCUT2D eigenvalue weighted by atomic mass is 10.0. The van der Waals surface area contributed by atoms with Gasteiger partial charge >= 0.3 is 5.97 Å². The van der Waals surface area contributed by atoms with E-state index >= 15 is 0 Å². The summed E-state index contributed by atoms with van der Waals surface area (Å²) in [6, 6.07) is 8.22. The third-order valence-corrected chi connectivity index (χ3v) is 4.63. The number of piperazine rings is 1. The molecule has 0 N–H and O–H groups in total. The Morgan fingerprint density at radius 1 is 1.29 bits per heavy atom. The molecule has 0 spiro atoms. The van der Waals surface area contributed by atoms with Crippen LogP contribution in [0.15, 0.2) is 28.7 Å². The van der Waals surface area contributed by atoms with Gasteiger partial charge in [-0.25, -0.2) is 0 Å². The van der Waals surface area contributed by atoms with Gasteiger partial charge in [-0.05, 0) is 25.6 Å². The van der Waals surface area contributed by atoms with E-state index in [1.807, 2.05) is 25.1 Å². The molecule has 1 saturated heterocycles. The maximum Gasteiger partial charge on any atom is 0.307 e. The number of hydrogen-bond acceptors (Lipinski definition) is 4. The summed E-state index contributed by atoms with van der Waals surface area (Å²) in [7, 11) is 2.14. The van der Waals surface area contributed by atoms with Crippen molar-refractivity contribution in [3.63, 3.8) is 0 Å². The highest BCUT2D eigenvalue weighted by atomic mass is 79.9. The predicted octanol–water partition coefficient (Wildman–Crippen LogP) is 2.69. The van der Waals surface area contributed by atoms with Crippen molar-refractivity contribution in [2.24, 2.45) is 0 Å². The Balaban J connectivity index is 2.18. The normalized spacial score (nSPS) is 18.4. The van der Waals surface area contributed by atoms with E-state index in [1.165, 1.54) is 0 Å². The maximum absolute atomic E-state index is 12.0. The van der Waals surface area contributed by atoms with Crippen molar-refractivity contribution in [3.8, 4) is 0 Å². The Morgan fingerprint density at radius 3 is 2.57 bits per heavy atom. The maximum atomic E-state index is 12.0. The number of benzene rings is 1. The van der Waals surface area contributed by atoms with Gasteiger partial charge in [0.25, 0.3) is 0 Å². The Morgan fingerprint density at radius 2 is 1.95 bits per heavy atom. The number of nitrogens with zero attached hydrogens (tertiary/aromatic N) is 2. The molecule has 0 aromatic heterocycles. The molecule has 1 heterocycles. The average Bonchev–Trinajstić information content (AvgIpc) is 2.47. The second kappa shape index (κ2) is 7.92. The highest BCUT2D eigenvalue weighted by Gasteiger charge is 2.27. The van der Waals surface area contributed by atoms with Crippen molar-refractivity contribution in [2.75, 3.05) is 39.8 Å². The van der Waals surface area contributed by atoms with Gasteiger partial charge in [0.05, 0.1) is 13.0 Å². The number of likely N-dealkylation sites (N-methyl/N-ethyl adjacent to an activating group) is 1. The molecule has 1 fully saturated rings. The molecule has 1 aromatic rings. The number of esters is 1. The Kier molecular flexibility index (Phi) is 6.21. The fourth-order valence-electron chi connectivity index (χ4n) is 2.69. The van der Waals surface area contributed by atoms with Crippen molar-refractivity contribution in [2.45, 2.75) is 19.4 Å².